The molecule has 0 N–H and O–H groups in total. The Morgan fingerprint density at radius 1 is 1.56 bits per heavy atom. The normalized spacial score (nSPS) is 27.3. The standard InChI is InChI=1S/C15H23N3/c1-4-12-6-7-15(9-12,11-16)10-14-8-13(5-2)17-18(14)3/h8,12H,4-7,9-10H2,1-3H3. The van der Waals surface area contributed by atoms with E-state index in [9.17, 15) is 5.26 Å². The SMILES string of the molecule is CCc1cc(CC2(C#N)CCC(CC)C2)n(C)n1. The number of aryl methyl sites for hydroxylation is 2. The third-order valence-corrected chi connectivity index (χ3v) is 4.43. The maximum absolute atomic E-state index is 9.57. The minimum Gasteiger partial charge on any atom is -0.272 e. The van der Waals surface area contributed by atoms with Crippen molar-refractivity contribution in [2.75, 3.05) is 0 Å². The van der Waals surface area contributed by atoms with Crippen molar-refractivity contribution in [3.63, 3.8) is 0 Å². The summed E-state index contributed by atoms with van der Waals surface area (Å²) in [5.74, 6) is 0.739. The van der Waals surface area contributed by atoms with E-state index in [1.54, 1.807) is 0 Å². The van der Waals surface area contributed by atoms with Crippen molar-refractivity contribution >= 4 is 0 Å². The second-order valence-electron chi connectivity index (χ2n) is 5.69. The number of hydrogen-bond acceptors (Lipinski definition) is 2. The number of nitriles is 1. The fourth-order valence-electron chi connectivity index (χ4n) is 3.14. The van der Waals surface area contributed by atoms with Crippen LogP contribution in [0.1, 0.15) is 50.9 Å². The number of hydrogen-bond donors (Lipinski definition) is 0. The first kappa shape index (κ1) is 13.1. The highest BCUT2D eigenvalue weighted by Gasteiger charge is 2.39. The summed E-state index contributed by atoms with van der Waals surface area (Å²) in [4.78, 5) is 0. The molecule has 2 rings (SSSR count). The molecular formula is C15H23N3. The molecule has 2 atom stereocenters. The lowest BCUT2D eigenvalue weighted by Crippen LogP contribution is -2.19. The van der Waals surface area contributed by atoms with E-state index in [-0.39, 0.29) is 5.41 Å². The Morgan fingerprint density at radius 3 is 2.83 bits per heavy atom. The molecule has 1 saturated carbocycles. The van der Waals surface area contributed by atoms with Gasteiger partial charge in [-0.15, -0.1) is 0 Å². The summed E-state index contributed by atoms with van der Waals surface area (Å²) in [6.45, 7) is 4.35. The Balaban J connectivity index is 2.16. The maximum Gasteiger partial charge on any atom is 0.0693 e. The van der Waals surface area contributed by atoms with E-state index in [0.29, 0.717) is 0 Å². The van der Waals surface area contributed by atoms with Crippen molar-refractivity contribution in [3.05, 3.63) is 17.5 Å². The molecule has 1 aromatic heterocycles. The summed E-state index contributed by atoms with van der Waals surface area (Å²) >= 11 is 0. The van der Waals surface area contributed by atoms with E-state index in [4.69, 9.17) is 0 Å². The Labute approximate surface area is 110 Å². The molecule has 98 valence electrons. The first-order chi connectivity index (χ1) is 8.62. The highest BCUT2D eigenvalue weighted by atomic mass is 15.3. The Hall–Kier alpha value is -1.30. The minimum atomic E-state index is -0.139. The Bertz CT molecular complexity index is 455. The summed E-state index contributed by atoms with van der Waals surface area (Å²) in [6, 6.07) is 4.77. The summed E-state index contributed by atoms with van der Waals surface area (Å²) < 4.78 is 1.96. The van der Waals surface area contributed by atoms with Crippen molar-refractivity contribution in [2.24, 2.45) is 18.4 Å². The average Bonchev–Trinajstić information content (AvgIpc) is 2.95. The molecule has 2 unspecified atom stereocenters. The Kier molecular flexibility index (Phi) is 3.75. The van der Waals surface area contributed by atoms with Crippen LogP contribution in [-0.2, 0) is 19.9 Å². The molecule has 18 heavy (non-hydrogen) atoms. The maximum atomic E-state index is 9.57. The van der Waals surface area contributed by atoms with E-state index in [1.165, 1.54) is 18.5 Å². The van der Waals surface area contributed by atoms with Crippen LogP contribution < -0.4 is 0 Å². The average molecular weight is 245 g/mol. The smallest absolute Gasteiger partial charge is 0.0693 e. The molecule has 1 aromatic rings. The van der Waals surface area contributed by atoms with Crippen molar-refractivity contribution in [2.45, 2.75) is 52.4 Å². The molecule has 0 amide bonds. The third-order valence-electron chi connectivity index (χ3n) is 4.43. The van der Waals surface area contributed by atoms with Gasteiger partial charge in [0.15, 0.2) is 0 Å². The Morgan fingerprint density at radius 2 is 2.33 bits per heavy atom. The first-order valence-electron chi connectivity index (χ1n) is 7.05. The lowest BCUT2D eigenvalue weighted by Gasteiger charge is -2.20. The van der Waals surface area contributed by atoms with Crippen molar-refractivity contribution < 1.29 is 0 Å². The summed E-state index contributed by atoms with van der Waals surface area (Å²) in [7, 11) is 1.99. The number of rotatable bonds is 4. The van der Waals surface area contributed by atoms with Crippen LogP contribution in [0, 0.1) is 22.7 Å². The van der Waals surface area contributed by atoms with Gasteiger partial charge in [-0.05, 0) is 37.7 Å². The fraction of sp³-hybridized carbons (Fsp3) is 0.733. The topological polar surface area (TPSA) is 41.6 Å². The van der Waals surface area contributed by atoms with Gasteiger partial charge in [-0.25, -0.2) is 0 Å². The largest absolute Gasteiger partial charge is 0.272 e. The van der Waals surface area contributed by atoms with Gasteiger partial charge in [0.1, 0.15) is 0 Å². The van der Waals surface area contributed by atoms with Gasteiger partial charge in [-0.2, -0.15) is 10.4 Å². The van der Waals surface area contributed by atoms with Gasteiger partial charge in [-0.1, -0.05) is 20.3 Å². The van der Waals surface area contributed by atoms with Gasteiger partial charge in [0.05, 0.1) is 17.2 Å². The van der Waals surface area contributed by atoms with Crippen molar-refractivity contribution in [3.8, 4) is 6.07 Å². The van der Waals surface area contributed by atoms with E-state index >= 15 is 0 Å². The lowest BCUT2D eigenvalue weighted by atomic mass is 9.82. The highest BCUT2D eigenvalue weighted by Crippen LogP contribution is 2.44. The molecule has 0 spiro atoms. The fourth-order valence-corrected chi connectivity index (χ4v) is 3.14. The van der Waals surface area contributed by atoms with Crippen LogP contribution >= 0.6 is 0 Å². The van der Waals surface area contributed by atoms with Crippen LogP contribution in [0.2, 0.25) is 0 Å². The molecular weight excluding hydrogens is 222 g/mol. The van der Waals surface area contributed by atoms with Crippen molar-refractivity contribution in [1.82, 2.24) is 9.78 Å². The van der Waals surface area contributed by atoms with Gasteiger partial charge in [-0.3, -0.25) is 4.68 Å². The second kappa shape index (κ2) is 5.14. The van der Waals surface area contributed by atoms with Crippen molar-refractivity contribution in [1.29, 1.82) is 5.26 Å². The van der Waals surface area contributed by atoms with Crippen LogP contribution in [0.5, 0.6) is 0 Å². The van der Waals surface area contributed by atoms with Crippen LogP contribution in [0.15, 0.2) is 6.07 Å². The second-order valence-corrected chi connectivity index (χ2v) is 5.69. The monoisotopic (exact) mass is 245 g/mol. The van der Waals surface area contributed by atoms with Gasteiger partial charge in [0.2, 0.25) is 0 Å². The highest BCUT2D eigenvalue weighted by molar-refractivity contribution is 5.17. The molecule has 0 saturated heterocycles. The summed E-state index contributed by atoms with van der Waals surface area (Å²) in [5.41, 5.74) is 2.20. The zero-order valence-corrected chi connectivity index (χ0v) is 11.7. The van der Waals surface area contributed by atoms with Gasteiger partial charge >= 0.3 is 0 Å². The molecule has 3 heteroatoms. The molecule has 3 nitrogen and oxygen atoms in total. The quantitative estimate of drug-likeness (QED) is 0.817. The molecule has 0 aromatic carbocycles. The van der Waals surface area contributed by atoms with E-state index < -0.39 is 0 Å². The van der Waals surface area contributed by atoms with E-state index in [1.807, 2.05) is 11.7 Å². The molecule has 1 fully saturated rings. The zero-order chi connectivity index (χ0) is 13.2. The number of nitrogens with zero attached hydrogens (tertiary/aromatic N) is 3. The van der Waals surface area contributed by atoms with E-state index in [2.05, 4.69) is 31.1 Å². The zero-order valence-electron chi connectivity index (χ0n) is 11.7. The lowest BCUT2D eigenvalue weighted by molar-refractivity contribution is 0.371. The summed E-state index contributed by atoms with van der Waals surface area (Å²) in [6.07, 6.45) is 6.35. The predicted octanol–water partition coefficient (Wildman–Crippen LogP) is 3.25. The first-order valence-corrected chi connectivity index (χ1v) is 7.05. The van der Waals surface area contributed by atoms with Crippen LogP contribution in [-0.4, -0.2) is 9.78 Å². The van der Waals surface area contributed by atoms with Crippen LogP contribution in [0.4, 0.5) is 0 Å². The van der Waals surface area contributed by atoms with Gasteiger partial charge in [0.25, 0.3) is 0 Å². The predicted molar refractivity (Wildman–Crippen MR) is 72.0 cm³/mol. The molecule has 1 aliphatic rings. The minimum absolute atomic E-state index is 0.139. The van der Waals surface area contributed by atoms with Crippen LogP contribution in [0.25, 0.3) is 0 Å². The van der Waals surface area contributed by atoms with E-state index in [0.717, 1.165) is 37.3 Å². The molecule has 1 aliphatic carbocycles. The molecule has 0 radical (unpaired) electrons. The van der Waals surface area contributed by atoms with Gasteiger partial charge in [0, 0.05) is 19.2 Å². The molecule has 0 bridgehead atoms. The number of aromatic nitrogens is 2. The summed E-state index contributed by atoms with van der Waals surface area (Å²) in [5, 5.41) is 14.0. The van der Waals surface area contributed by atoms with Crippen LogP contribution in [0.3, 0.4) is 0 Å². The van der Waals surface area contributed by atoms with Gasteiger partial charge < -0.3 is 0 Å². The molecule has 1 heterocycles. The third kappa shape index (κ3) is 2.43. The molecule has 0 aliphatic heterocycles.